The topological polar surface area (TPSA) is 89.6 Å². The molecule has 7 nitrogen and oxygen atoms in total. The molecule has 0 atom stereocenters. The van der Waals surface area contributed by atoms with Crippen molar-refractivity contribution in [1.82, 2.24) is 14.9 Å². The lowest BCUT2D eigenvalue weighted by Crippen LogP contribution is -2.22. The maximum Gasteiger partial charge on any atom is 0.340 e. The first-order valence-electron chi connectivity index (χ1n) is 8.22. The molecule has 1 aromatic heterocycles. The number of esters is 1. The molecule has 0 amide bonds. The third kappa shape index (κ3) is 3.50. The highest BCUT2D eigenvalue weighted by atomic mass is 32.2. The van der Waals surface area contributed by atoms with Gasteiger partial charge in [-0.2, -0.15) is 9.78 Å². The highest BCUT2D eigenvalue weighted by molar-refractivity contribution is 7.99. The molecule has 0 fully saturated rings. The molecule has 2 aromatic rings. The van der Waals surface area contributed by atoms with Gasteiger partial charge in [0.05, 0.1) is 17.9 Å². The Kier molecular flexibility index (Phi) is 5.13. The minimum atomic E-state index is -0.426. The van der Waals surface area contributed by atoms with Gasteiger partial charge in [-0.3, -0.25) is 0 Å². The van der Waals surface area contributed by atoms with Gasteiger partial charge in [0.15, 0.2) is 5.82 Å². The summed E-state index contributed by atoms with van der Waals surface area (Å²) in [5, 5.41) is 23.3. The first kappa shape index (κ1) is 18.2. The molecular weight excluding hydrogens is 352 g/mol. The zero-order valence-electron chi connectivity index (χ0n) is 15.1. The van der Waals surface area contributed by atoms with Crippen molar-refractivity contribution in [2.75, 3.05) is 12.4 Å². The number of carbonyl (C=O) groups excluding carboxylic acids is 1. The SMILES string of the molecule is CCOC(=O)/C(=C\c1cc(C)c(O)c(C)c1)C1=Nn2c(C)nnc2SC1. The molecule has 0 bridgehead atoms. The summed E-state index contributed by atoms with van der Waals surface area (Å²) in [7, 11) is 0. The number of phenols is 1. The van der Waals surface area contributed by atoms with E-state index in [-0.39, 0.29) is 12.4 Å². The van der Waals surface area contributed by atoms with Crippen LogP contribution >= 0.6 is 11.8 Å². The second-order valence-corrected chi connectivity index (χ2v) is 6.90. The summed E-state index contributed by atoms with van der Waals surface area (Å²) >= 11 is 1.47. The van der Waals surface area contributed by atoms with Crippen molar-refractivity contribution in [2.45, 2.75) is 32.9 Å². The number of aromatic hydroxyl groups is 1. The Morgan fingerprint density at radius 2 is 2.00 bits per heavy atom. The first-order valence-corrected chi connectivity index (χ1v) is 9.21. The number of carbonyl (C=O) groups is 1. The van der Waals surface area contributed by atoms with Crippen LogP contribution < -0.4 is 0 Å². The maximum absolute atomic E-state index is 12.5. The highest BCUT2D eigenvalue weighted by Crippen LogP contribution is 2.27. The zero-order chi connectivity index (χ0) is 18.8. The lowest BCUT2D eigenvalue weighted by Gasteiger charge is -2.15. The Bertz CT molecular complexity index is 908. The number of phenolic OH excluding ortho intramolecular Hbond substituents is 1. The lowest BCUT2D eigenvalue weighted by molar-refractivity contribution is -0.137. The zero-order valence-corrected chi connectivity index (χ0v) is 15.9. The Hall–Kier alpha value is -2.61. The molecule has 0 saturated heterocycles. The lowest BCUT2D eigenvalue weighted by atomic mass is 10.0. The van der Waals surface area contributed by atoms with Crippen LogP contribution in [0.4, 0.5) is 0 Å². The fourth-order valence-corrected chi connectivity index (χ4v) is 3.54. The van der Waals surface area contributed by atoms with Gasteiger partial charge in [0.2, 0.25) is 5.16 Å². The minimum absolute atomic E-state index is 0.259. The number of thioether (sulfide) groups is 1. The van der Waals surface area contributed by atoms with Crippen molar-refractivity contribution in [3.05, 3.63) is 40.2 Å². The third-order valence-electron chi connectivity index (χ3n) is 3.96. The average molecular weight is 372 g/mol. The van der Waals surface area contributed by atoms with E-state index in [1.165, 1.54) is 11.8 Å². The summed E-state index contributed by atoms with van der Waals surface area (Å²) in [6.07, 6.45) is 1.75. The van der Waals surface area contributed by atoms with Crippen molar-refractivity contribution in [3.63, 3.8) is 0 Å². The smallest absolute Gasteiger partial charge is 0.340 e. The molecular formula is C18H20N4O3S. The molecule has 1 aliphatic heterocycles. The van der Waals surface area contributed by atoms with E-state index < -0.39 is 5.97 Å². The number of aryl methyl sites for hydroxylation is 3. The largest absolute Gasteiger partial charge is 0.507 e. The van der Waals surface area contributed by atoms with Crippen LogP contribution in [0.3, 0.4) is 0 Å². The van der Waals surface area contributed by atoms with Crippen LogP contribution in [-0.4, -0.2) is 44.0 Å². The molecule has 3 rings (SSSR count). The number of aromatic nitrogens is 3. The van der Waals surface area contributed by atoms with Crippen LogP contribution in [0.1, 0.15) is 29.4 Å². The predicted octanol–water partition coefficient (Wildman–Crippen LogP) is 2.87. The summed E-state index contributed by atoms with van der Waals surface area (Å²) < 4.78 is 6.86. The van der Waals surface area contributed by atoms with Crippen molar-refractivity contribution in [2.24, 2.45) is 5.10 Å². The normalized spacial score (nSPS) is 14.0. The van der Waals surface area contributed by atoms with Gasteiger partial charge >= 0.3 is 5.97 Å². The molecule has 0 unspecified atom stereocenters. The second kappa shape index (κ2) is 7.33. The highest BCUT2D eigenvalue weighted by Gasteiger charge is 2.24. The van der Waals surface area contributed by atoms with E-state index in [1.54, 1.807) is 17.7 Å². The van der Waals surface area contributed by atoms with Crippen LogP contribution in [0.25, 0.3) is 6.08 Å². The third-order valence-corrected chi connectivity index (χ3v) is 4.89. The van der Waals surface area contributed by atoms with E-state index in [1.807, 2.05) is 32.9 Å². The maximum atomic E-state index is 12.5. The van der Waals surface area contributed by atoms with E-state index in [2.05, 4.69) is 15.3 Å². The second-order valence-electron chi connectivity index (χ2n) is 5.96. The molecule has 2 heterocycles. The summed E-state index contributed by atoms with van der Waals surface area (Å²) in [6, 6.07) is 3.65. The summed E-state index contributed by atoms with van der Waals surface area (Å²) in [4.78, 5) is 12.5. The summed E-state index contributed by atoms with van der Waals surface area (Å²) in [5.41, 5.74) is 3.29. The van der Waals surface area contributed by atoms with E-state index in [9.17, 15) is 9.90 Å². The molecule has 136 valence electrons. The number of fused-ring (bicyclic) bond motifs is 1. The first-order chi connectivity index (χ1) is 12.4. The van der Waals surface area contributed by atoms with Crippen LogP contribution in [-0.2, 0) is 9.53 Å². The Morgan fingerprint density at radius 3 is 2.65 bits per heavy atom. The monoisotopic (exact) mass is 372 g/mol. The molecule has 26 heavy (non-hydrogen) atoms. The molecule has 0 aliphatic carbocycles. The van der Waals surface area contributed by atoms with Gasteiger partial charge in [0.25, 0.3) is 0 Å². The van der Waals surface area contributed by atoms with Gasteiger partial charge in [-0.1, -0.05) is 11.8 Å². The van der Waals surface area contributed by atoms with Gasteiger partial charge in [0.1, 0.15) is 5.75 Å². The van der Waals surface area contributed by atoms with Crippen molar-refractivity contribution in [3.8, 4) is 5.75 Å². The molecule has 0 radical (unpaired) electrons. The van der Waals surface area contributed by atoms with Gasteiger partial charge in [-0.25, -0.2) is 4.79 Å². The molecule has 1 N–H and O–H groups in total. The van der Waals surface area contributed by atoms with E-state index in [4.69, 9.17) is 4.74 Å². The van der Waals surface area contributed by atoms with E-state index >= 15 is 0 Å². The number of nitrogens with zero attached hydrogens (tertiary/aromatic N) is 4. The minimum Gasteiger partial charge on any atom is -0.507 e. The van der Waals surface area contributed by atoms with Crippen LogP contribution in [0.15, 0.2) is 28.0 Å². The average Bonchev–Trinajstić information content (AvgIpc) is 2.98. The van der Waals surface area contributed by atoms with Crippen LogP contribution in [0.5, 0.6) is 5.75 Å². The summed E-state index contributed by atoms with van der Waals surface area (Å²) in [6.45, 7) is 7.50. The fraction of sp³-hybridized carbons (Fsp3) is 0.333. The Balaban J connectivity index is 2.08. The van der Waals surface area contributed by atoms with Crippen molar-refractivity contribution in [1.29, 1.82) is 0 Å². The predicted molar refractivity (Wildman–Crippen MR) is 101 cm³/mol. The molecule has 0 spiro atoms. The van der Waals surface area contributed by atoms with Gasteiger partial charge in [-0.15, -0.1) is 10.2 Å². The molecule has 1 aromatic carbocycles. The number of hydrogen-bond acceptors (Lipinski definition) is 7. The molecule has 1 aliphatic rings. The number of rotatable bonds is 4. The van der Waals surface area contributed by atoms with E-state index in [0.717, 1.165) is 16.7 Å². The van der Waals surface area contributed by atoms with Gasteiger partial charge in [-0.05, 0) is 62.6 Å². The molecule has 8 heteroatoms. The van der Waals surface area contributed by atoms with Crippen LogP contribution in [0, 0.1) is 20.8 Å². The number of ether oxygens (including phenoxy) is 1. The summed E-state index contributed by atoms with van der Waals surface area (Å²) in [5.74, 6) is 0.988. The Labute approximate surface area is 155 Å². The number of benzene rings is 1. The number of hydrogen-bond donors (Lipinski definition) is 1. The van der Waals surface area contributed by atoms with Crippen molar-refractivity contribution >= 4 is 29.5 Å². The van der Waals surface area contributed by atoms with Gasteiger partial charge < -0.3 is 9.84 Å². The van der Waals surface area contributed by atoms with Gasteiger partial charge in [0, 0.05) is 5.75 Å². The van der Waals surface area contributed by atoms with E-state index in [0.29, 0.717) is 28.0 Å². The quantitative estimate of drug-likeness (QED) is 0.656. The fourth-order valence-electron chi connectivity index (χ4n) is 2.67. The Morgan fingerprint density at radius 1 is 1.31 bits per heavy atom. The standard InChI is InChI=1S/C18H20N4O3S/c1-5-25-17(24)14(8-13-6-10(2)16(23)11(3)7-13)15-9-26-18-20-19-12(4)22(18)21-15/h6-8,23H,5,9H2,1-4H3/b14-8-. The van der Waals surface area contributed by atoms with Crippen LogP contribution in [0.2, 0.25) is 0 Å². The van der Waals surface area contributed by atoms with Crippen molar-refractivity contribution < 1.29 is 14.6 Å². The molecule has 0 saturated carbocycles.